The Kier molecular flexibility index (Phi) is 4.72. The van der Waals surface area contributed by atoms with Crippen LogP contribution in [0.1, 0.15) is 26.7 Å². The molecular formula is C7H16O2. The molecular weight excluding hydrogens is 116 g/mol. The topological polar surface area (TPSA) is 29.5 Å². The summed E-state index contributed by atoms with van der Waals surface area (Å²) in [4.78, 5) is 0. The molecule has 0 bridgehead atoms. The lowest BCUT2D eigenvalue weighted by Gasteiger charge is -2.15. The quantitative estimate of drug-likeness (QED) is 0.586. The Morgan fingerprint density at radius 3 is 2.44 bits per heavy atom. The van der Waals surface area contributed by atoms with Gasteiger partial charge in [-0.1, -0.05) is 20.3 Å². The van der Waals surface area contributed by atoms with Gasteiger partial charge in [0.25, 0.3) is 0 Å². The fourth-order valence-electron chi connectivity index (χ4n) is 0.830. The second-order valence-electron chi connectivity index (χ2n) is 2.39. The number of methoxy groups -OCH3 is 1. The summed E-state index contributed by atoms with van der Waals surface area (Å²) in [6.45, 7) is 4.08. The number of aliphatic hydroxyl groups is 1. The summed E-state index contributed by atoms with van der Waals surface area (Å²) in [5.41, 5.74) is 0. The summed E-state index contributed by atoms with van der Waals surface area (Å²) in [5, 5.41) is 9.04. The molecule has 0 aliphatic heterocycles. The second-order valence-corrected chi connectivity index (χ2v) is 2.39. The van der Waals surface area contributed by atoms with Gasteiger partial charge >= 0.3 is 0 Å². The predicted molar refractivity (Wildman–Crippen MR) is 37.1 cm³/mol. The van der Waals surface area contributed by atoms with Gasteiger partial charge in [0.15, 0.2) is 6.29 Å². The Labute approximate surface area is 56.8 Å². The van der Waals surface area contributed by atoms with Crippen molar-refractivity contribution in [1.29, 1.82) is 0 Å². The third-order valence-electron chi connectivity index (χ3n) is 1.47. The van der Waals surface area contributed by atoms with Crippen LogP contribution in [0.2, 0.25) is 0 Å². The van der Waals surface area contributed by atoms with Crippen molar-refractivity contribution in [3.05, 3.63) is 0 Å². The summed E-state index contributed by atoms with van der Waals surface area (Å²) in [6, 6.07) is 0. The SMILES string of the molecule is CCCC(C)C(O)OC. The summed E-state index contributed by atoms with van der Waals surface area (Å²) < 4.78 is 4.72. The zero-order valence-corrected chi connectivity index (χ0v) is 6.42. The first kappa shape index (κ1) is 8.92. The minimum atomic E-state index is -0.579. The van der Waals surface area contributed by atoms with Gasteiger partial charge in [-0.2, -0.15) is 0 Å². The molecule has 0 rings (SSSR count). The van der Waals surface area contributed by atoms with Crippen LogP contribution >= 0.6 is 0 Å². The Morgan fingerprint density at radius 1 is 1.56 bits per heavy atom. The average molecular weight is 132 g/mol. The standard InChI is InChI=1S/C7H16O2/c1-4-5-6(2)7(8)9-3/h6-8H,4-5H2,1-3H3. The number of hydrogen-bond acceptors (Lipinski definition) is 2. The van der Waals surface area contributed by atoms with Gasteiger partial charge in [0.2, 0.25) is 0 Å². The normalized spacial score (nSPS) is 17.3. The van der Waals surface area contributed by atoms with Crippen LogP contribution in [0.4, 0.5) is 0 Å². The third-order valence-corrected chi connectivity index (χ3v) is 1.47. The first-order chi connectivity index (χ1) is 4.22. The van der Waals surface area contributed by atoms with Crippen molar-refractivity contribution < 1.29 is 9.84 Å². The van der Waals surface area contributed by atoms with Gasteiger partial charge in [-0.15, -0.1) is 0 Å². The van der Waals surface area contributed by atoms with Crippen LogP contribution < -0.4 is 0 Å². The first-order valence-corrected chi connectivity index (χ1v) is 3.43. The molecule has 0 amide bonds. The van der Waals surface area contributed by atoms with E-state index in [0.29, 0.717) is 0 Å². The van der Waals surface area contributed by atoms with Crippen LogP contribution in [-0.2, 0) is 4.74 Å². The van der Waals surface area contributed by atoms with Crippen molar-refractivity contribution in [3.63, 3.8) is 0 Å². The Hall–Kier alpha value is -0.0800. The first-order valence-electron chi connectivity index (χ1n) is 3.43. The molecule has 0 fully saturated rings. The van der Waals surface area contributed by atoms with Crippen LogP contribution in [0.5, 0.6) is 0 Å². The molecule has 0 heterocycles. The smallest absolute Gasteiger partial charge is 0.156 e. The lowest BCUT2D eigenvalue weighted by Crippen LogP contribution is -2.18. The largest absolute Gasteiger partial charge is 0.368 e. The van der Waals surface area contributed by atoms with Crippen molar-refractivity contribution in [2.24, 2.45) is 5.92 Å². The maximum Gasteiger partial charge on any atom is 0.156 e. The van der Waals surface area contributed by atoms with Gasteiger partial charge in [0.05, 0.1) is 0 Å². The number of ether oxygens (including phenoxy) is 1. The average Bonchev–Trinajstić information content (AvgIpc) is 1.87. The minimum Gasteiger partial charge on any atom is -0.368 e. The maximum absolute atomic E-state index is 9.04. The summed E-state index contributed by atoms with van der Waals surface area (Å²) >= 11 is 0. The van der Waals surface area contributed by atoms with Gasteiger partial charge in [-0.05, 0) is 6.42 Å². The van der Waals surface area contributed by atoms with Crippen molar-refractivity contribution >= 4 is 0 Å². The molecule has 2 nitrogen and oxygen atoms in total. The van der Waals surface area contributed by atoms with Crippen molar-refractivity contribution in [2.75, 3.05) is 7.11 Å². The van der Waals surface area contributed by atoms with E-state index in [9.17, 15) is 0 Å². The minimum absolute atomic E-state index is 0.264. The molecule has 0 aromatic rings. The Bertz CT molecular complexity index is 63.9. The number of hydrogen-bond donors (Lipinski definition) is 1. The van der Waals surface area contributed by atoms with E-state index in [1.54, 1.807) is 0 Å². The highest BCUT2D eigenvalue weighted by Gasteiger charge is 2.10. The highest BCUT2D eigenvalue weighted by Crippen LogP contribution is 2.09. The molecule has 0 aromatic heterocycles. The van der Waals surface area contributed by atoms with Gasteiger partial charge in [0, 0.05) is 13.0 Å². The fraction of sp³-hybridized carbons (Fsp3) is 1.00. The molecule has 56 valence electrons. The summed E-state index contributed by atoms with van der Waals surface area (Å²) in [6.07, 6.45) is 1.54. The summed E-state index contributed by atoms with van der Waals surface area (Å²) in [5.74, 6) is 0.264. The molecule has 1 N–H and O–H groups in total. The second kappa shape index (κ2) is 4.77. The molecule has 2 unspecified atom stereocenters. The van der Waals surface area contributed by atoms with E-state index in [1.807, 2.05) is 6.92 Å². The Balaban J connectivity index is 3.32. The Morgan fingerprint density at radius 2 is 2.11 bits per heavy atom. The zero-order valence-electron chi connectivity index (χ0n) is 6.42. The third kappa shape index (κ3) is 3.49. The van der Waals surface area contributed by atoms with Crippen LogP contribution in [-0.4, -0.2) is 18.5 Å². The van der Waals surface area contributed by atoms with E-state index >= 15 is 0 Å². The molecule has 0 aliphatic carbocycles. The lowest BCUT2D eigenvalue weighted by molar-refractivity contribution is -0.109. The van der Waals surface area contributed by atoms with Gasteiger partial charge in [-0.25, -0.2) is 0 Å². The van der Waals surface area contributed by atoms with Crippen molar-refractivity contribution in [2.45, 2.75) is 33.0 Å². The van der Waals surface area contributed by atoms with Crippen LogP contribution in [0.3, 0.4) is 0 Å². The van der Waals surface area contributed by atoms with Gasteiger partial charge in [0.1, 0.15) is 0 Å². The van der Waals surface area contributed by atoms with Crippen LogP contribution in [0.25, 0.3) is 0 Å². The lowest BCUT2D eigenvalue weighted by atomic mass is 10.1. The molecule has 0 spiro atoms. The molecule has 0 aromatic carbocycles. The zero-order chi connectivity index (χ0) is 7.28. The summed E-state index contributed by atoms with van der Waals surface area (Å²) in [7, 11) is 1.52. The van der Waals surface area contributed by atoms with Crippen molar-refractivity contribution in [1.82, 2.24) is 0 Å². The van der Waals surface area contributed by atoms with Gasteiger partial charge < -0.3 is 9.84 Å². The number of rotatable bonds is 4. The predicted octanol–water partition coefficient (Wildman–Crippen LogP) is 1.39. The molecule has 2 atom stereocenters. The van der Waals surface area contributed by atoms with E-state index in [0.717, 1.165) is 12.8 Å². The maximum atomic E-state index is 9.04. The van der Waals surface area contributed by atoms with Crippen LogP contribution in [0, 0.1) is 5.92 Å². The fourth-order valence-corrected chi connectivity index (χ4v) is 0.830. The van der Waals surface area contributed by atoms with E-state index in [4.69, 9.17) is 9.84 Å². The molecule has 0 radical (unpaired) electrons. The van der Waals surface area contributed by atoms with Gasteiger partial charge in [-0.3, -0.25) is 0 Å². The van der Waals surface area contributed by atoms with E-state index in [1.165, 1.54) is 7.11 Å². The van der Waals surface area contributed by atoms with Crippen molar-refractivity contribution in [3.8, 4) is 0 Å². The molecule has 0 saturated carbocycles. The molecule has 9 heavy (non-hydrogen) atoms. The highest BCUT2D eigenvalue weighted by molar-refractivity contribution is 4.52. The van der Waals surface area contributed by atoms with E-state index in [2.05, 4.69) is 6.92 Å². The molecule has 0 aliphatic rings. The van der Waals surface area contributed by atoms with E-state index < -0.39 is 6.29 Å². The monoisotopic (exact) mass is 132 g/mol. The van der Waals surface area contributed by atoms with E-state index in [-0.39, 0.29) is 5.92 Å². The molecule has 0 saturated heterocycles. The molecule has 2 heteroatoms. The van der Waals surface area contributed by atoms with Crippen LogP contribution in [0.15, 0.2) is 0 Å². The number of aliphatic hydroxyl groups excluding tert-OH is 1. The highest BCUT2D eigenvalue weighted by atomic mass is 16.6.